The lowest BCUT2D eigenvalue weighted by molar-refractivity contribution is 0.336. The van der Waals surface area contributed by atoms with Crippen molar-refractivity contribution in [1.82, 2.24) is 14.9 Å². The first-order valence-electron chi connectivity index (χ1n) is 9.60. The van der Waals surface area contributed by atoms with Crippen LogP contribution < -0.4 is 15.4 Å². The van der Waals surface area contributed by atoms with Gasteiger partial charge in [-0.2, -0.15) is 0 Å². The maximum absolute atomic E-state index is 12.3. The van der Waals surface area contributed by atoms with E-state index in [1.54, 1.807) is 0 Å². The Hall–Kier alpha value is -1.80. The van der Waals surface area contributed by atoms with Crippen LogP contribution in [0.3, 0.4) is 0 Å². The molecule has 0 radical (unpaired) electrons. The smallest absolute Gasteiger partial charge is 0.215 e. The van der Waals surface area contributed by atoms with Crippen LogP contribution >= 0.6 is 0 Å². The van der Waals surface area contributed by atoms with Crippen molar-refractivity contribution in [2.45, 2.75) is 41.2 Å². The van der Waals surface area contributed by atoms with Gasteiger partial charge in [0, 0.05) is 31.7 Å². The van der Waals surface area contributed by atoms with Gasteiger partial charge in [0.05, 0.1) is 18.9 Å². The van der Waals surface area contributed by atoms with Crippen LogP contribution in [0.15, 0.2) is 23.2 Å². The first kappa shape index (κ1) is 23.2. The van der Waals surface area contributed by atoms with E-state index >= 15 is 0 Å². The fourth-order valence-corrected chi connectivity index (χ4v) is 4.04. The van der Waals surface area contributed by atoms with Gasteiger partial charge in [0.2, 0.25) is 10.0 Å². The second kappa shape index (κ2) is 11.8. The first-order chi connectivity index (χ1) is 12.9. The van der Waals surface area contributed by atoms with Crippen molar-refractivity contribution in [1.29, 1.82) is 0 Å². The largest absolute Gasteiger partial charge is 0.494 e. The number of aryl methyl sites for hydroxylation is 1. The molecule has 154 valence electrons. The molecule has 0 aliphatic carbocycles. The Morgan fingerprint density at radius 1 is 1.15 bits per heavy atom. The zero-order chi connectivity index (χ0) is 20.3. The number of nitrogens with one attached hydrogen (secondary N) is 2. The standard InChI is InChI=1S/C19H34N4O3S/c1-6-20-19(21-12-13-27(24,25)23(7-2)8-3)22-15-17-11-10-16(5)14-18(17)26-9-4/h10-11,14H,6-9,12-13,15H2,1-5H3,(H2,20,21,22). The highest BCUT2D eigenvalue weighted by Gasteiger charge is 2.18. The molecular formula is C19H34N4O3S. The van der Waals surface area contributed by atoms with Crippen molar-refractivity contribution in [3.05, 3.63) is 29.3 Å². The average molecular weight is 399 g/mol. The van der Waals surface area contributed by atoms with E-state index < -0.39 is 10.0 Å². The van der Waals surface area contributed by atoms with Gasteiger partial charge in [-0.05, 0) is 32.4 Å². The van der Waals surface area contributed by atoms with E-state index in [9.17, 15) is 8.42 Å². The number of nitrogens with zero attached hydrogens (tertiary/aromatic N) is 2. The SMILES string of the molecule is CCNC(=NCc1ccc(C)cc1OCC)NCCS(=O)(=O)N(CC)CC. The summed E-state index contributed by atoms with van der Waals surface area (Å²) in [6.45, 7) is 12.7. The Morgan fingerprint density at radius 2 is 1.85 bits per heavy atom. The van der Waals surface area contributed by atoms with Gasteiger partial charge in [-0.3, -0.25) is 0 Å². The number of rotatable bonds is 11. The summed E-state index contributed by atoms with van der Waals surface area (Å²) >= 11 is 0. The molecule has 0 saturated carbocycles. The Morgan fingerprint density at radius 3 is 2.44 bits per heavy atom. The zero-order valence-electron chi connectivity index (χ0n) is 17.2. The molecule has 1 aromatic carbocycles. The maximum Gasteiger partial charge on any atom is 0.215 e. The van der Waals surface area contributed by atoms with Gasteiger partial charge < -0.3 is 15.4 Å². The molecule has 0 unspecified atom stereocenters. The van der Waals surface area contributed by atoms with Crippen LogP contribution in [0.5, 0.6) is 5.75 Å². The molecule has 8 heteroatoms. The van der Waals surface area contributed by atoms with Crippen molar-refractivity contribution >= 4 is 16.0 Å². The monoisotopic (exact) mass is 398 g/mol. The molecule has 0 amide bonds. The van der Waals surface area contributed by atoms with E-state index in [0.29, 0.717) is 45.3 Å². The molecule has 0 saturated heterocycles. The molecule has 0 spiro atoms. The molecule has 0 fully saturated rings. The van der Waals surface area contributed by atoms with E-state index in [1.807, 2.05) is 52.8 Å². The Kier molecular flexibility index (Phi) is 10.2. The number of ether oxygens (including phenoxy) is 1. The molecule has 1 aromatic rings. The highest BCUT2D eigenvalue weighted by atomic mass is 32.2. The van der Waals surface area contributed by atoms with Gasteiger partial charge in [0.25, 0.3) is 0 Å². The van der Waals surface area contributed by atoms with Gasteiger partial charge in [0.15, 0.2) is 5.96 Å². The minimum absolute atomic E-state index is 0.0355. The molecule has 0 aliphatic heterocycles. The molecule has 27 heavy (non-hydrogen) atoms. The summed E-state index contributed by atoms with van der Waals surface area (Å²) in [5.41, 5.74) is 2.13. The van der Waals surface area contributed by atoms with Crippen LogP contribution in [0.1, 0.15) is 38.8 Å². The van der Waals surface area contributed by atoms with E-state index in [2.05, 4.69) is 15.6 Å². The van der Waals surface area contributed by atoms with Crippen LogP contribution in [0, 0.1) is 6.92 Å². The summed E-state index contributed by atoms with van der Waals surface area (Å²) in [6.07, 6.45) is 0. The fourth-order valence-electron chi connectivity index (χ4n) is 2.63. The maximum atomic E-state index is 12.3. The zero-order valence-corrected chi connectivity index (χ0v) is 18.0. The van der Waals surface area contributed by atoms with Gasteiger partial charge >= 0.3 is 0 Å². The van der Waals surface area contributed by atoms with E-state index in [0.717, 1.165) is 16.9 Å². The molecule has 0 aromatic heterocycles. The minimum Gasteiger partial charge on any atom is -0.494 e. The van der Waals surface area contributed by atoms with Crippen molar-refractivity contribution in [3.8, 4) is 5.75 Å². The van der Waals surface area contributed by atoms with Crippen molar-refractivity contribution in [2.24, 2.45) is 4.99 Å². The van der Waals surface area contributed by atoms with Crippen LogP contribution in [0.25, 0.3) is 0 Å². The molecule has 2 N–H and O–H groups in total. The summed E-state index contributed by atoms with van der Waals surface area (Å²) in [5, 5.41) is 6.25. The number of guanidine groups is 1. The number of sulfonamides is 1. The van der Waals surface area contributed by atoms with Crippen LogP contribution in [0.4, 0.5) is 0 Å². The molecule has 7 nitrogen and oxygen atoms in total. The molecule has 0 bridgehead atoms. The van der Waals surface area contributed by atoms with Gasteiger partial charge in [-0.1, -0.05) is 26.0 Å². The molecule has 0 aliphatic rings. The van der Waals surface area contributed by atoms with Crippen molar-refractivity contribution in [3.63, 3.8) is 0 Å². The van der Waals surface area contributed by atoms with E-state index in [-0.39, 0.29) is 5.75 Å². The predicted octanol–water partition coefficient (Wildman–Crippen LogP) is 2.12. The highest BCUT2D eigenvalue weighted by molar-refractivity contribution is 7.89. The third-order valence-corrected chi connectivity index (χ3v) is 6.05. The lowest BCUT2D eigenvalue weighted by atomic mass is 10.1. The van der Waals surface area contributed by atoms with Crippen LogP contribution in [-0.2, 0) is 16.6 Å². The average Bonchev–Trinajstić information content (AvgIpc) is 2.61. The minimum atomic E-state index is -3.25. The van der Waals surface area contributed by atoms with E-state index in [1.165, 1.54) is 4.31 Å². The normalized spacial score (nSPS) is 12.3. The number of aliphatic imine (C=N–C) groups is 1. The van der Waals surface area contributed by atoms with Gasteiger partial charge in [-0.25, -0.2) is 17.7 Å². The number of hydrogen-bond donors (Lipinski definition) is 2. The Labute approximate surface area is 164 Å². The predicted molar refractivity (Wildman–Crippen MR) is 112 cm³/mol. The highest BCUT2D eigenvalue weighted by Crippen LogP contribution is 2.21. The summed E-state index contributed by atoms with van der Waals surface area (Å²) in [6, 6.07) is 6.05. The van der Waals surface area contributed by atoms with Gasteiger partial charge in [0.1, 0.15) is 5.75 Å². The molecule has 1 rings (SSSR count). The molecular weight excluding hydrogens is 364 g/mol. The van der Waals surface area contributed by atoms with Gasteiger partial charge in [-0.15, -0.1) is 0 Å². The van der Waals surface area contributed by atoms with Crippen LogP contribution in [0.2, 0.25) is 0 Å². The Balaban J connectivity index is 2.76. The third-order valence-electron chi connectivity index (χ3n) is 4.03. The first-order valence-corrected chi connectivity index (χ1v) is 11.2. The second-order valence-corrected chi connectivity index (χ2v) is 8.15. The summed E-state index contributed by atoms with van der Waals surface area (Å²) in [4.78, 5) is 4.57. The third kappa shape index (κ3) is 7.76. The summed E-state index contributed by atoms with van der Waals surface area (Å²) in [5.74, 6) is 1.46. The van der Waals surface area contributed by atoms with Crippen LogP contribution in [-0.4, -0.2) is 57.2 Å². The number of benzene rings is 1. The summed E-state index contributed by atoms with van der Waals surface area (Å²) in [7, 11) is -3.25. The number of hydrogen-bond acceptors (Lipinski definition) is 4. The lowest BCUT2D eigenvalue weighted by Crippen LogP contribution is -2.42. The Bertz CT molecular complexity index is 701. The molecule has 0 atom stereocenters. The van der Waals surface area contributed by atoms with Crippen molar-refractivity contribution in [2.75, 3.05) is 38.5 Å². The van der Waals surface area contributed by atoms with E-state index in [4.69, 9.17) is 4.74 Å². The fraction of sp³-hybridized carbons (Fsp3) is 0.632. The topological polar surface area (TPSA) is 83.0 Å². The lowest BCUT2D eigenvalue weighted by Gasteiger charge is -2.19. The second-order valence-electron chi connectivity index (χ2n) is 6.07. The summed E-state index contributed by atoms with van der Waals surface area (Å²) < 4.78 is 31.7. The van der Waals surface area contributed by atoms with Crippen molar-refractivity contribution < 1.29 is 13.2 Å². The quantitative estimate of drug-likeness (QED) is 0.441. The molecule has 0 heterocycles.